The second kappa shape index (κ2) is 8.33. The van der Waals surface area contributed by atoms with Gasteiger partial charge in [-0.3, -0.25) is 4.57 Å². The summed E-state index contributed by atoms with van der Waals surface area (Å²) >= 11 is 7.53. The van der Waals surface area contributed by atoms with Crippen molar-refractivity contribution in [3.05, 3.63) is 105 Å². The second-order valence-electron chi connectivity index (χ2n) is 5.98. The second-order valence-corrected chi connectivity index (χ2v) is 7.25. The first kappa shape index (κ1) is 18.3. The molecule has 1 aromatic heterocycles. The number of hydrogen-bond acceptors (Lipinski definition) is 3. The van der Waals surface area contributed by atoms with Crippen molar-refractivity contribution in [1.82, 2.24) is 4.57 Å². The highest BCUT2D eigenvalue weighted by molar-refractivity contribution is 7.07. The van der Waals surface area contributed by atoms with Crippen LogP contribution in [0.3, 0.4) is 0 Å². The van der Waals surface area contributed by atoms with Crippen LogP contribution in [0, 0.1) is 5.82 Å². The minimum atomic E-state index is -0.276. The Morgan fingerprint density at radius 3 is 2.32 bits per heavy atom. The molecule has 0 amide bonds. The molecule has 0 saturated carbocycles. The van der Waals surface area contributed by atoms with Gasteiger partial charge in [0.2, 0.25) is 4.80 Å². The Morgan fingerprint density at radius 1 is 0.893 bits per heavy atom. The summed E-state index contributed by atoms with van der Waals surface area (Å²) in [7, 11) is 0. The summed E-state index contributed by atoms with van der Waals surface area (Å²) in [6.07, 6.45) is 1.61. The third kappa shape index (κ3) is 4.11. The van der Waals surface area contributed by atoms with Crippen LogP contribution >= 0.6 is 22.9 Å². The van der Waals surface area contributed by atoms with Gasteiger partial charge in [-0.15, -0.1) is 16.4 Å². The molecule has 6 heteroatoms. The first-order chi connectivity index (χ1) is 13.7. The molecule has 0 atom stereocenters. The van der Waals surface area contributed by atoms with Gasteiger partial charge in [0.25, 0.3) is 0 Å². The molecular weight excluding hydrogens is 393 g/mol. The molecule has 0 radical (unpaired) electrons. The number of rotatable bonds is 4. The molecule has 0 saturated heterocycles. The van der Waals surface area contributed by atoms with Crippen LogP contribution < -0.4 is 4.80 Å². The van der Waals surface area contributed by atoms with Crippen molar-refractivity contribution in [2.24, 2.45) is 10.2 Å². The smallest absolute Gasteiger partial charge is 0.215 e. The molecule has 3 aromatic carbocycles. The Kier molecular flexibility index (Phi) is 5.46. The standard InChI is InChI=1S/C22H15ClFN3S/c23-18-10-8-17(9-11-18)21-15-28-22(27(21)20-4-2-1-3-5-20)26-25-14-16-6-12-19(24)13-7-16/h1-15H. The zero-order valence-electron chi connectivity index (χ0n) is 14.7. The van der Waals surface area contributed by atoms with Crippen LogP contribution in [-0.4, -0.2) is 10.8 Å². The summed E-state index contributed by atoms with van der Waals surface area (Å²) in [5.41, 5.74) is 3.81. The summed E-state index contributed by atoms with van der Waals surface area (Å²) < 4.78 is 15.1. The summed E-state index contributed by atoms with van der Waals surface area (Å²) in [6.45, 7) is 0. The van der Waals surface area contributed by atoms with E-state index < -0.39 is 0 Å². The van der Waals surface area contributed by atoms with E-state index in [9.17, 15) is 4.39 Å². The number of aromatic nitrogens is 1. The van der Waals surface area contributed by atoms with Crippen molar-refractivity contribution in [2.75, 3.05) is 0 Å². The number of para-hydroxylation sites is 1. The monoisotopic (exact) mass is 407 g/mol. The van der Waals surface area contributed by atoms with Gasteiger partial charge in [0.15, 0.2) is 0 Å². The van der Waals surface area contributed by atoms with Crippen molar-refractivity contribution >= 4 is 29.2 Å². The van der Waals surface area contributed by atoms with Crippen LogP contribution in [0.4, 0.5) is 4.39 Å². The summed E-state index contributed by atoms with van der Waals surface area (Å²) in [6, 6.07) is 23.8. The van der Waals surface area contributed by atoms with Gasteiger partial charge in [0.1, 0.15) is 5.82 Å². The molecule has 28 heavy (non-hydrogen) atoms. The molecule has 0 spiro atoms. The normalized spacial score (nSPS) is 12.0. The first-order valence-electron chi connectivity index (χ1n) is 8.55. The van der Waals surface area contributed by atoms with Crippen molar-refractivity contribution in [2.45, 2.75) is 0 Å². The minimum absolute atomic E-state index is 0.276. The average molecular weight is 408 g/mol. The van der Waals surface area contributed by atoms with E-state index in [0.29, 0.717) is 5.02 Å². The number of nitrogens with zero attached hydrogens (tertiary/aromatic N) is 3. The van der Waals surface area contributed by atoms with Gasteiger partial charge in [-0.25, -0.2) is 4.39 Å². The van der Waals surface area contributed by atoms with Crippen LogP contribution in [0.25, 0.3) is 16.9 Å². The highest BCUT2D eigenvalue weighted by Gasteiger charge is 2.10. The predicted octanol–water partition coefficient (Wildman–Crippen LogP) is 5.93. The van der Waals surface area contributed by atoms with E-state index >= 15 is 0 Å². The summed E-state index contributed by atoms with van der Waals surface area (Å²) in [4.78, 5) is 0.731. The van der Waals surface area contributed by atoms with Gasteiger partial charge < -0.3 is 0 Å². The summed E-state index contributed by atoms with van der Waals surface area (Å²) in [5.74, 6) is -0.276. The molecule has 0 fully saturated rings. The fourth-order valence-electron chi connectivity index (χ4n) is 2.72. The molecule has 0 aliphatic rings. The van der Waals surface area contributed by atoms with Gasteiger partial charge in [-0.2, -0.15) is 5.10 Å². The maximum atomic E-state index is 13.0. The molecule has 0 aliphatic heterocycles. The lowest BCUT2D eigenvalue weighted by molar-refractivity contribution is 0.628. The van der Waals surface area contributed by atoms with E-state index in [1.807, 2.05) is 60.0 Å². The number of hydrogen-bond donors (Lipinski definition) is 0. The van der Waals surface area contributed by atoms with E-state index in [4.69, 9.17) is 11.6 Å². The lowest BCUT2D eigenvalue weighted by Crippen LogP contribution is -2.13. The Hall–Kier alpha value is -3.02. The molecule has 138 valence electrons. The van der Waals surface area contributed by atoms with Crippen LogP contribution in [0.5, 0.6) is 0 Å². The maximum absolute atomic E-state index is 13.0. The van der Waals surface area contributed by atoms with Crippen LogP contribution in [0.2, 0.25) is 5.02 Å². The van der Waals surface area contributed by atoms with Crippen LogP contribution in [0.1, 0.15) is 5.56 Å². The molecule has 0 N–H and O–H groups in total. The average Bonchev–Trinajstić information content (AvgIpc) is 3.14. The molecular formula is C22H15ClFN3S. The predicted molar refractivity (Wildman–Crippen MR) is 114 cm³/mol. The van der Waals surface area contributed by atoms with Crippen molar-refractivity contribution in [3.8, 4) is 16.9 Å². The summed E-state index contributed by atoms with van der Waals surface area (Å²) in [5, 5.41) is 11.3. The highest BCUT2D eigenvalue weighted by atomic mass is 35.5. The SMILES string of the molecule is Fc1ccc(C=NN=c2scc(-c3ccc(Cl)cc3)n2-c2ccccc2)cc1. The number of halogens is 2. The zero-order chi connectivity index (χ0) is 19.3. The van der Waals surface area contributed by atoms with E-state index in [0.717, 1.165) is 27.3 Å². The first-order valence-corrected chi connectivity index (χ1v) is 9.81. The fraction of sp³-hybridized carbons (Fsp3) is 0. The number of benzene rings is 3. The minimum Gasteiger partial charge on any atom is -0.284 e. The van der Waals surface area contributed by atoms with Gasteiger partial charge in [-0.05, 0) is 47.5 Å². The van der Waals surface area contributed by atoms with Gasteiger partial charge in [0.05, 0.1) is 11.9 Å². The fourth-order valence-corrected chi connectivity index (χ4v) is 3.71. The van der Waals surface area contributed by atoms with Crippen molar-refractivity contribution < 1.29 is 4.39 Å². The molecule has 4 aromatic rings. The van der Waals surface area contributed by atoms with Crippen LogP contribution in [0.15, 0.2) is 94.4 Å². The highest BCUT2D eigenvalue weighted by Crippen LogP contribution is 2.24. The zero-order valence-corrected chi connectivity index (χ0v) is 16.2. The maximum Gasteiger partial charge on any atom is 0.215 e. The molecule has 4 rings (SSSR count). The van der Waals surface area contributed by atoms with E-state index in [1.165, 1.54) is 23.5 Å². The third-order valence-corrected chi connectivity index (χ3v) is 5.15. The van der Waals surface area contributed by atoms with E-state index in [2.05, 4.69) is 14.8 Å². The van der Waals surface area contributed by atoms with Crippen molar-refractivity contribution in [1.29, 1.82) is 0 Å². The molecule has 0 unspecified atom stereocenters. The Balaban J connectivity index is 1.79. The van der Waals surface area contributed by atoms with Crippen molar-refractivity contribution in [3.63, 3.8) is 0 Å². The van der Waals surface area contributed by atoms with Gasteiger partial charge >= 0.3 is 0 Å². The van der Waals surface area contributed by atoms with Gasteiger partial charge in [0, 0.05) is 16.1 Å². The Bertz CT molecular complexity index is 1160. The molecule has 1 heterocycles. The topological polar surface area (TPSA) is 29.6 Å². The quantitative estimate of drug-likeness (QED) is 0.296. The molecule has 0 aliphatic carbocycles. The Labute approximate surface area is 170 Å². The number of thiazole rings is 1. The third-order valence-electron chi connectivity index (χ3n) is 4.08. The largest absolute Gasteiger partial charge is 0.284 e. The van der Waals surface area contributed by atoms with Gasteiger partial charge in [-0.1, -0.05) is 54.1 Å². The lowest BCUT2D eigenvalue weighted by atomic mass is 10.1. The van der Waals surface area contributed by atoms with E-state index in [-0.39, 0.29) is 5.82 Å². The Morgan fingerprint density at radius 2 is 1.61 bits per heavy atom. The van der Waals surface area contributed by atoms with Crippen LogP contribution in [-0.2, 0) is 0 Å². The molecule has 0 bridgehead atoms. The lowest BCUT2D eigenvalue weighted by Gasteiger charge is -2.09. The molecule has 3 nitrogen and oxygen atoms in total. The van der Waals surface area contributed by atoms with E-state index in [1.54, 1.807) is 18.3 Å².